The van der Waals surface area contributed by atoms with Gasteiger partial charge in [-0.3, -0.25) is 14.6 Å². The summed E-state index contributed by atoms with van der Waals surface area (Å²) in [6.45, 7) is 6.05. The van der Waals surface area contributed by atoms with Crippen LogP contribution in [0.2, 0.25) is 0 Å². The zero-order valence-corrected chi connectivity index (χ0v) is 15.5. The second-order valence-corrected chi connectivity index (χ2v) is 7.14. The van der Waals surface area contributed by atoms with Crippen LogP contribution in [0.15, 0.2) is 48.8 Å². The number of pyridine rings is 1. The Labute approximate surface area is 154 Å². The van der Waals surface area contributed by atoms with E-state index >= 15 is 0 Å². The molecular formula is C21H25N3O2. The summed E-state index contributed by atoms with van der Waals surface area (Å²) in [5.74, 6) is -0.744. The van der Waals surface area contributed by atoms with Crippen LogP contribution in [0.4, 0.5) is 5.69 Å². The monoisotopic (exact) mass is 351 g/mol. The molecule has 1 aliphatic heterocycles. The first-order valence-electron chi connectivity index (χ1n) is 9.07. The van der Waals surface area contributed by atoms with Gasteiger partial charge in [0.05, 0.1) is 17.9 Å². The molecule has 3 atom stereocenters. The first kappa shape index (κ1) is 18.1. The standard InChI is InChI=1S/C21H25N3O2/c1-14-11-18(13-22-12-14)23-20(25)21(26)24-16(3)15(2)9-10-19(24)17-7-5-4-6-8-17/h4-8,11-13,15-16,19H,9-10H2,1-3H3,(H,23,25)/t15-,16-,19+/m1/s1. The molecule has 136 valence electrons. The molecule has 1 aromatic carbocycles. The van der Waals surface area contributed by atoms with Crippen molar-refractivity contribution in [1.29, 1.82) is 0 Å². The van der Waals surface area contributed by atoms with Gasteiger partial charge in [0.2, 0.25) is 0 Å². The van der Waals surface area contributed by atoms with Crippen molar-refractivity contribution in [3.05, 3.63) is 59.9 Å². The largest absolute Gasteiger partial charge is 0.324 e. The molecule has 5 heteroatoms. The van der Waals surface area contributed by atoms with E-state index in [-0.39, 0.29) is 12.1 Å². The number of nitrogens with zero attached hydrogens (tertiary/aromatic N) is 2. The van der Waals surface area contributed by atoms with Gasteiger partial charge in [-0.15, -0.1) is 0 Å². The maximum absolute atomic E-state index is 13.0. The number of likely N-dealkylation sites (tertiary alicyclic amines) is 1. The van der Waals surface area contributed by atoms with E-state index in [9.17, 15) is 9.59 Å². The van der Waals surface area contributed by atoms with Gasteiger partial charge in [-0.2, -0.15) is 0 Å². The minimum atomic E-state index is -0.612. The highest BCUT2D eigenvalue weighted by Crippen LogP contribution is 2.37. The molecule has 0 radical (unpaired) electrons. The normalized spacial score (nSPS) is 22.7. The molecule has 2 heterocycles. The van der Waals surface area contributed by atoms with E-state index in [1.807, 2.05) is 44.2 Å². The van der Waals surface area contributed by atoms with E-state index in [2.05, 4.69) is 17.2 Å². The van der Waals surface area contributed by atoms with Crippen molar-refractivity contribution in [3.63, 3.8) is 0 Å². The topological polar surface area (TPSA) is 62.3 Å². The SMILES string of the molecule is Cc1cncc(NC(=O)C(=O)N2[C@H](C)[C@H](C)CC[C@H]2c2ccccc2)c1. The van der Waals surface area contributed by atoms with Gasteiger partial charge in [-0.25, -0.2) is 0 Å². The molecule has 1 fully saturated rings. The third kappa shape index (κ3) is 3.77. The molecule has 26 heavy (non-hydrogen) atoms. The Hall–Kier alpha value is -2.69. The van der Waals surface area contributed by atoms with Gasteiger partial charge in [0.25, 0.3) is 0 Å². The average molecular weight is 351 g/mol. The first-order chi connectivity index (χ1) is 12.5. The highest BCUT2D eigenvalue weighted by molar-refractivity contribution is 6.39. The molecule has 0 spiro atoms. The molecule has 0 aliphatic carbocycles. The number of hydrogen-bond acceptors (Lipinski definition) is 3. The van der Waals surface area contributed by atoms with E-state index in [0.29, 0.717) is 11.6 Å². The number of amides is 2. The Morgan fingerprint density at radius 1 is 1.12 bits per heavy atom. The lowest BCUT2D eigenvalue weighted by atomic mass is 9.84. The van der Waals surface area contributed by atoms with Crippen LogP contribution in [0.25, 0.3) is 0 Å². The van der Waals surface area contributed by atoms with Crippen LogP contribution in [0.5, 0.6) is 0 Å². The Bertz CT molecular complexity index is 791. The predicted octanol–water partition coefficient (Wildman–Crippen LogP) is 3.72. The summed E-state index contributed by atoms with van der Waals surface area (Å²) in [7, 11) is 0. The number of rotatable bonds is 2. The predicted molar refractivity (Wildman–Crippen MR) is 101 cm³/mol. The number of anilines is 1. The van der Waals surface area contributed by atoms with E-state index < -0.39 is 11.8 Å². The van der Waals surface area contributed by atoms with Crippen molar-refractivity contribution in [1.82, 2.24) is 9.88 Å². The minimum Gasteiger partial charge on any atom is -0.324 e. The van der Waals surface area contributed by atoms with Gasteiger partial charge < -0.3 is 10.2 Å². The van der Waals surface area contributed by atoms with Gasteiger partial charge >= 0.3 is 11.8 Å². The van der Waals surface area contributed by atoms with Crippen molar-refractivity contribution in [2.24, 2.45) is 5.92 Å². The minimum absolute atomic E-state index is 0.00263. The summed E-state index contributed by atoms with van der Waals surface area (Å²) in [4.78, 5) is 31.5. The fourth-order valence-corrected chi connectivity index (χ4v) is 3.61. The molecule has 1 aromatic heterocycles. The maximum Gasteiger partial charge on any atom is 0.313 e. The fourth-order valence-electron chi connectivity index (χ4n) is 3.61. The van der Waals surface area contributed by atoms with Gasteiger partial charge in [-0.05, 0) is 49.8 Å². The highest BCUT2D eigenvalue weighted by atomic mass is 16.2. The molecule has 0 saturated carbocycles. The quantitative estimate of drug-likeness (QED) is 0.839. The zero-order valence-electron chi connectivity index (χ0n) is 15.5. The average Bonchev–Trinajstić information content (AvgIpc) is 2.64. The van der Waals surface area contributed by atoms with Crippen LogP contribution in [0.1, 0.15) is 43.9 Å². The van der Waals surface area contributed by atoms with Crippen molar-refractivity contribution >= 4 is 17.5 Å². The fraction of sp³-hybridized carbons (Fsp3) is 0.381. The molecule has 3 rings (SSSR count). The van der Waals surface area contributed by atoms with Crippen molar-refractivity contribution in [3.8, 4) is 0 Å². The number of aryl methyl sites for hydroxylation is 1. The Morgan fingerprint density at radius 2 is 1.85 bits per heavy atom. The number of carbonyl (C=O) groups excluding carboxylic acids is 2. The van der Waals surface area contributed by atoms with Gasteiger partial charge in [0.15, 0.2) is 0 Å². The Kier molecular flexibility index (Phi) is 5.35. The zero-order chi connectivity index (χ0) is 18.7. The third-order valence-electron chi connectivity index (χ3n) is 5.24. The van der Waals surface area contributed by atoms with Crippen LogP contribution in [0, 0.1) is 12.8 Å². The lowest BCUT2D eigenvalue weighted by Gasteiger charge is -2.44. The first-order valence-corrected chi connectivity index (χ1v) is 9.07. The third-order valence-corrected chi connectivity index (χ3v) is 5.24. The highest BCUT2D eigenvalue weighted by Gasteiger charge is 2.38. The van der Waals surface area contributed by atoms with Crippen LogP contribution >= 0.6 is 0 Å². The van der Waals surface area contributed by atoms with Gasteiger partial charge in [-0.1, -0.05) is 37.3 Å². The van der Waals surface area contributed by atoms with Crippen LogP contribution in [-0.4, -0.2) is 27.7 Å². The van der Waals surface area contributed by atoms with Crippen LogP contribution in [-0.2, 0) is 9.59 Å². The van der Waals surface area contributed by atoms with Crippen molar-refractivity contribution in [2.45, 2.75) is 45.7 Å². The lowest BCUT2D eigenvalue weighted by Crippen LogP contribution is -2.51. The molecule has 2 aromatic rings. The molecule has 1 aliphatic rings. The second-order valence-electron chi connectivity index (χ2n) is 7.14. The number of aromatic nitrogens is 1. The summed E-state index contributed by atoms with van der Waals surface area (Å²) in [5.41, 5.74) is 2.54. The summed E-state index contributed by atoms with van der Waals surface area (Å²) < 4.78 is 0. The number of piperidine rings is 1. The molecule has 5 nitrogen and oxygen atoms in total. The summed E-state index contributed by atoms with van der Waals surface area (Å²) in [6, 6.07) is 11.7. The number of benzene rings is 1. The van der Waals surface area contributed by atoms with E-state index in [1.165, 1.54) is 0 Å². The van der Waals surface area contributed by atoms with Gasteiger partial charge in [0, 0.05) is 12.2 Å². The smallest absolute Gasteiger partial charge is 0.313 e. The van der Waals surface area contributed by atoms with E-state index in [4.69, 9.17) is 0 Å². The lowest BCUT2D eigenvalue weighted by molar-refractivity contribution is -0.149. The number of hydrogen-bond donors (Lipinski definition) is 1. The van der Waals surface area contributed by atoms with Gasteiger partial charge in [0.1, 0.15) is 0 Å². The van der Waals surface area contributed by atoms with E-state index in [1.54, 1.807) is 23.4 Å². The summed E-state index contributed by atoms with van der Waals surface area (Å²) in [6.07, 6.45) is 5.15. The molecule has 1 N–H and O–H groups in total. The van der Waals surface area contributed by atoms with Crippen LogP contribution < -0.4 is 5.32 Å². The van der Waals surface area contributed by atoms with Crippen molar-refractivity contribution in [2.75, 3.05) is 5.32 Å². The Balaban J connectivity index is 1.84. The molecule has 0 unspecified atom stereocenters. The summed E-state index contributed by atoms with van der Waals surface area (Å²) >= 11 is 0. The summed E-state index contributed by atoms with van der Waals surface area (Å²) in [5, 5.41) is 2.69. The molecule has 2 amide bonds. The molecule has 1 saturated heterocycles. The number of carbonyl (C=O) groups is 2. The van der Waals surface area contributed by atoms with E-state index in [0.717, 1.165) is 24.0 Å². The molecular weight excluding hydrogens is 326 g/mol. The van der Waals surface area contributed by atoms with Crippen LogP contribution in [0.3, 0.4) is 0 Å². The van der Waals surface area contributed by atoms with Crippen molar-refractivity contribution < 1.29 is 9.59 Å². The maximum atomic E-state index is 13.0. The Morgan fingerprint density at radius 3 is 2.54 bits per heavy atom. The number of nitrogens with one attached hydrogen (secondary N) is 1. The molecule has 0 bridgehead atoms. The second kappa shape index (κ2) is 7.68.